The summed E-state index contributed by atoms with van der Waals surface area (Å²) in [6.45, 7) is 0. The Morgan fingerprint density at radius 2 is 1.50 bits per heavy atom. The van der Waals surface area contributed by atoms with Gasteiger partial charge in [0.1, 0.15) is 0 Å². The van der Waals surface area contributed by atoms with Crippen molar-refractivity contribution in [2.75, 3.05) is 0 Å². The average molecular weight is 247 g/mol. The number of carbonyl (C=O) groups is 1. The second kappa shape index (κ2) is 5.46. The lowest BCUT2D eigenvalue weighted by Crippen LogP contribution is -2.37. The number of amides is 1. The highest BCUT2D eigenvalue weighted by Gasteiger charge is 2.53. The third-order valence-electron chi connectivity index (χ3n) is 5.09. The van der Waals surface area contributed by atoms with Crippen molar-refractivity contribution in [2.24, 2.45) is 17.8 Å². The largest absolute Gasteiger partial charge is 0.353 e. The van der Waals surface area contributed by atoms with Gasteiger partial charge in [-0.15, -0.1) is 0 Å². The molecule has 1 amide bonds. The van der Waals surface area contributed by atoms with Crippen LogP contribution in [0.5, 0.6) is 0 Å². The molecule has 0 spiro atoms. The molecule has 0 aromatic carbocycles. The van der Waals surface area contributed by atoms with Crippen LogP contribution in [-0.4, -0.2) is 11.9 Å². The molecule has 0 aromatic rings. The second-order valence-electron chi connectivity index (χ2n) is 6.32. The van der Waals surface area contributed by atoms with Gasteiger partial charge in [-0.2, -0.15) is 0 Å². The molecule has 2 fully saturated rings. The monoisotopic (exact) mass is 247 g/mol. The summed E-state index contributed by atoms with van der Waals surface area (Å²) in [5.74, 6) is 2.11. The van der Waals surface area contributed by atoms with Crippen molar-refractivity contribution in [3.63, 3.8) is 0 Å². The van der Waals surface area contributed by atoms with Crippen LogP contribution in [-0.2, 0) is 4.79 Å². The summed E-state index contributed by atoms with van der Waals surface area (Å²) in [5.41, 5.74) is 0. The van der Waals surface area contributed by atoms with E-state index in [-0.39, 0.29) is 0 Å². The lowest BCUT2D eigenvalue weighted by atomic mass is 9.95. The fourth-order valence-electron chi connectivity index (χ4n) is 3.98. The predicted octanol–water partition coefficient (Wildman–Crippen LogP) is 3.43. The van der Waals surface area contributed by atoms with Crippen molar-refractivity contribution in [3.8, 4) is 0 Å². The Morgan fingerprint density at radius 3 is 2.11 bits per heavy atom. The number of nitrogens with one attached hydrogen (secondary N) is 1. The van der Waals surface area contributed by atoms with Gasteiger partial charge in [-0.3, -0.25) is 4.79 Å². The van der Waals surface area contributed by atoms with Gasteiger partial charge in [0.05, 0.1) is 0 Å². The van der Waals surface area contributed by atoms with Crippen LogP contribution in [0.3, 0.4) is 0 Å². The second-order valence-corrected chi connectivity index (χ2v) is 6.32. The van der Waals surface area contributed by atoms with E-state index in [1.165, 1.54) is 57.8 Å². The molecule has 0 bridgehead atoms. The summed E-state index contributed by atoms with van der Waals surface area (Å²) < 4.78 is 0. The zero-order chi connectivity index (χ0) is 12.4. The molecule has 2 heteroatoms. The Balaban J connectivity index is 1.51. The van der Waals surface area contributed by atoms with Gasteiger partial charge in [0.2, 0.25) is 5.91 Å². The number of hydrogen-bond donors (Lipinski definition) is 1. The maximum absolute atomic E-state index is 12.3. The molecule has 0 saturated heterocycles. The molecule has 0 aliphatic heterocycles. The van der Waals surface area contributed by atoms with E-state index in [2.05, 4.69) is 17.5 Å². The van der Waals surface area contributed by atoms with E-state index >= 15 is 0 Å². The zero-order valence-electron chi connectivity index (χ0n) is 11.2. The van der Waals surface area contributed by atoms with Gasteiger partial charge in [-0.05, 0) is 50.4 Å². The molecule has 1 unspecified atom stereocenters. The van der Waals surface area contributed by atoms with Crippen LogP contribution < -0.4 is 5.32 Å². The van der Waals surface area contributed by atoms with Crippen LogP contribution in [0.4, 0.5) is 0 Å². The van der Waals surface area contributed by atoms with Gasteiger partial charge in [0, 0.05) is 12.0 Å². The molecule has 0 aromatic heterocycles. The van der Waals surface area contributed by atoms with Crippen molar-refractivity contribution < 1.29 is 4.79 Å². The molecule has 2 nitrogen and oxygen atoms in total. The summed E-state index contributed by atoms with van der Waals surface area (Å²) in [7, 11) is 0. The molecule has 3 aliphatic rings. The molecule has 18 heavy (non-hydrogen) atoms. The van der Waals surface area contributed by atoms with E-state index in [4.69, 9.17) is 0 Å². The Hall–Kier alpha value is -0.790. The molecule has 100 valence electrons. The summed E-state index contributed by atoms with van der Waals surface area (Å²) in [6, 6.07) is 0.483. The van der Waals surface area contributed by atoms with Crippen LogP contribution >= 0.6 is 0 Å². The van der Waals surface area contributed by atoms with E-state index < -0.39 is 0 Å². The van der Waals surface area contributed by atoms with E-state index in [1.807, 2.05) is 0 Å². The van der Waals surface area contributed by atoms with E-state index in [1.54, 1.807) is 0 Å². The molecule has 1 N–H and O–H groups in total. The van der Waals surface area contributed by atoms with Gasteiger partial charge in [-0.1, -0.05) is 31.4 Å². The van der Waals surface area contributed by atoms with Crippen molar-refractivity contribution in [1.82, 2.24) is 5.32 Å². The maximum atomic E-state index is 12.3. The topological polar surface area (TPSA) is 29.1 Å². The van der Waals surface area contributed by atoms with Crippen LogP contribution in [0.1, 0.15) is 57.8 Å². The first-order valence-corrected chi connectivity index (χ1v) is 7.81. The third-order valence-corrected chi connectivity index (χ3v) is 5.09. The smallest absolute Gasteiger partial charge is 0.223 e. The minimum Gasteiger partial charge on any atom is -0.353 e. The first-order chi connectivity index (χ1) is 8.86. The lowest BCUT2D eigenvalue weighted by Gasteiger charge is -2.22. The average Bonchev–Trinajstić information content (AvgIpc) is 3.02. The highest BCUT2D eigenvalue weighted by molar-refractivity contribution is 5.82. The van der Waals surface area contributed by atoms with E-state index in [9.17, 15) is 4.79 Å². The molecule has 3 atom stereocenters. The van der Waals surface area contributed by atoms with Crippen LogP contribution in [0.2, 0.25) is 0 Å². The summed E-state index contributed by atoms with van der Waals surface area (Å²) in [5, 5.41) is 3.32. The van der Waals surface area contributed by atoms with Crippen LogP contribution in [0, 0.1) is 17.8 Å². The van der Waals surface area contributed by atoms with Crippen LogP contribution in [0.15, 0.2) is 12.2 Å². The molecule has 0 heterocycles. The van der Waals surface area contributed by atoms with Gasteiger partial charge >= 0.3 is 0 Å². The molecule has 0 radical (unpaired) electrons. The van der Waals surface area contributed by atoms with Crippen molar-refractivity contribution in [2.45, 2.75) is 63.8 Å². The van der Waals surface area contributed by atoms with E-state index in [0.717, 1.165) is 0 Å². The van der Waals surface area contributed by atoms with Crippen molar-refractivity contribution in [1.29, 1.82) is 0 Å². The quantitative estimate of drug-likeness (QED) is 0.744. The Labute approximate surface area is 110 Å². The van der Waals surface area contributed by atoms with Crippen molar-refractivity contribution >= 4 is 5.91 Å². The number of allylic oxidation sites excluding steroid dienone is 2. The first kappa shape index (κ1) is 12.3. The fourth-order valence-corrected chi connectivity index (χ4v) is 3.98. The van der Waals surface area contributed by atoms with Gasteiger partial charge in [0.15, 0.2) is 0 Å². The molecular formula is C16H25NO. The first-order valence-electron chi connectivity index (χ1n) is 7.81. The highest BCUT2D eigenvalue weighted by Crippen LogP contribution is 2.52. The molecule has 2 saturated carbocycles. The fraction of sp³-hybridized carbons (Fsp3) is 0.812. The standard InChI is InChI=1S/C16H25NO/c18-16(17-12-8-4-3-5-9-12)15-13-10-6-1-2-7-11-14(13)15/h1-2,12-15H,3-11H2,(H,17,18)/b2-1-/t13-,14+,15?. The normalized spacial score (nSPS) is 38.1. The number of hydrogen-bond acceptors (Lipinski definition) is 1. The Bertz CT molecular complexity index is 314. The minimum absolute atomic E-state index is 0.354. The number of fused-ring (bicyclic) bond motifs is 1. The SMILES string of the molecule is O=C(NC1CCCCC1)C1[C@H]2CC/C=C\CC[C@@H]12. The summed E-state index contributed by atoms with van der Waals surface area (Å²) >= 11 is 0. The minimum atomic E-state index is 0.354. The maximum Gasteiger partial charge on any atom is 0.223 e. The van der Waals surface area contributed by atoms with E-state index in [0.29, 0.717) is 29.7 Å². The van der Waals surface area contributed by atoms with Crippen molar-refractivity contribution in [3.05, 3.63) is 12.2 Å². The zero-order valence-corrected chi connectivity index (χ0v) is 11.2. The summed E-state index contributed by atoms with van der Waals surface area (Å²) in [4.78, 5) is 12.3. The number of rotatable bonds is 2. The Kier molecular flexibility index (Phi) is 3.72. The predicted molar refractivity (Wildman–Crippen MR) is 73.1 cm³/mol. The van der Waals surface area contributed by atoms with Gasteiger partial charge in [0.25, 0.3) is 0 Å². The molecule has 3 rings (SSSR count). The molecular weight excluding hydrogens is 222 g/mol. The Morgan fingerprint density at radius 1 is 0.889 bits per heavy atom. The highest BCUT2D eigenvalue weighted by atomic mass is 16.2. The van der Waals surface area contributed by atoms with Crippen LogP contribution in [0.25, 0.3) is 0 Å². The summed E-state index contributed by atoms with van der Waals surface area (Å²) in [6.07, 6.45) is 15.8. The third kappa shape index (κ3) is 2.62. The lowest BCUT2D eigenvalue weighted by molar-refractivity contribution is -0.123. The van der Waals surface area contributed by atoms with Gasteiger partial charge < -0.3 is 5.32 Å². The number of carbonyl (C=O) groups excluding carboxylic acids is 1. The van der Waals surface area contributed by atoms with Gasteiger partial charge in [-0.25, -0.2) is 0 Å². The molecule has 3 aliphatic carbocycles.